The Balaban J connectivity index is 2.46. The molecule has 2 rings (SSSR count). The molecule has 100 valence electrons. The average Bonchev–Trinajstić information content (AvgIpc) is 2.35. The maximum absolute atomic E-state index is 5.91. The van der Waals surface area contributed by atoms with Crippen LogP contribution in [0.1, 0.15) is 25.1 Å². The van der Waals surface area contributed by atoms with Gasteiger partial charge < -0.3 is 5.73 Å². The van der Waals surface area contributed by atoms with Crippen LogP contribution in [-0.4, -0.2) is 19.9 Å². The van der Waals surface area contributed by atoms with Crippen LogP contribution in [0.3, 0.4) is 0 Å². The number of hydrogen-bond donors (Lipinski definition) is 1. The van der Waals surface area contributed by atoms with Crippen molar-refractivity contribution < 1.29 is 0 Å². The van der Waals surface area contributed by atoms with Gasteiger partial charge in [0.2, 0.25) is 0 Å². The molecule has 0 radical (unpaired) electrons. The second kappa shape index (κ2) is 5.61. The van der Waals surface area contributed by atoms with Gasteiger partial charge in [-0.05, 0) is 40.8 Å². The molecular formula is C13H16BrN5. The van der Waals surface area contributed by atoms with Crippen LogP contribution in [0.15, 0.2) is 16.9 Å². The Labute approximate surface area is 120 Å². The van der Waals surface area contributed by atoms with Gasteiger partial charge in [-0.3, -0.25) is 0 Å². The Bertz CT molecular complexity index is 580. The highest BCUT2D eigenvalue weighted by Crippen LogP contribution is 2.25. The standard InChI is InChI=1S/C13H16BrN5/c1-7(2)4-9-10(14)11(15)19-13(18-9)12-16-5-8(3)6-17-12/h5-7H,4H2,1-3H3,(H2,15,18,19). The van der Waals surface area contributed by atoms with E-state index in [0.717, 1.165) is 22.2 Å². The molecule has 2 aromatic heterocycles. The lowest BCUT2D eigenvalue weighted by molar-refractivity contribution is 0.632. The van der Waals surface area contributed by atoms with E-state index in [2.05, 4.69) is 49.7 Å². The lowest BCUT2D eigenvalue weighted by Crippen LogP contribution is -2.07. The number of nitrogens with zero attached hydrogens (tertiary/aromatic N) is 4. The van der Waals surface area contributed by atoms with E-state index in [9.17, 15) is 0 Å². The Hall–Kier alpha value is -1.56. The summed E-state index contributed by atoms with van der Waals surface area (Å²) in [5, 5.41) is 0. The fourth-order valence-corrected chi connectivity index (χ4v) is 1.98. The molecule has 0 aliphatic rings. The number of nitrogen functional groups attached to an aromatic ring is 1. The van der Waals surface area contributed by atoms with Gasteiger partial charge in [0.05, 0.1) is 10.2 Å². The second-order valence-corrected chi connectivity index (χ2v) is 5.67. The summed E-state index contributed by atoms with van der Waals surface area (Å²) in [5.74, 6) is 1.87. The number of anilines is 1. The summed E-state index contributed by atoms with van der Waals surface area (Å²) in [7, 11) is 0. The van der Waals surface area contributed by atoms with Crippen molar-refractivity contribution in [3.8, 4) is 11.6 Å². The zero-order chi connectivity index (χ0) is 14.0. The van der Waals surface area contributed by atoms with Gasteiger partial charge >= 0.3 is 0 Å². The van der Waals surface area contributed by atoms with Gasteiger partial charge in [0.15, 0.2) is 11.6 Å². The van der Waals surface area contributed by atoms with Crippen molar-refractivity contribution >= 4 is 21.7 Å². The molecular weight excluding hydrogens is 306 g/mol. The molecule has 0 aliphatic heterocycles. The first-order chi connectivity index (χ1) is 8.97. The lowest BCUT2D eigenvalue weighted by atomic mass is 10.1. The van der Waals surface area contributed by atoms with E-state index in [0.29, 0.717) is 23.4 Å². The van der Waals surface area contributed by atoms with E-state index in [1.54, 1.807) is 12.4 Å². The monoisotopic (exact) mass is 321 g/mol. The molecule has 0 saturated heterocycles. The molecule has 5 nitrogen and oxygen atoms in total. The van der Waals surface area contributed by atoms with Gasteiger partial charge in [-0.2, -0.15) is 0 Å². The van der Waals surface area contributed by atoms with Crippen LogP contribution >= 0.6 is 15.9 Å². The third-order valence-corrected chi connectivity index (χ3v) is 3.39. The van der Waals surface area contributed by atoms with Crippen molar-refractivity contribution in [1.82, 2.24) is 19.9 Å². The first kappa shape index (κ1) is 13.9. The molecule has 6 heteroatoms. The Morgan fingerprint density at radius 1 is 1.16 bits per heavy atom. The van der Waals surface area contributed by atoms with Crippen LogP contribution in [0, 0.1) is 12.8 Å². The Morgan fingerprint density at radius 3 is 2.37 bits per heavy atom. The van der Waals surface area contributed by atoms with Crippen molar-refractivity contribution in [2.45, 2.75) is 27.2 Å². The van der Waals surface area contributed by atoms with Crippen molar-refractivity contribution in [3.63, 3.8) is 0 Å². The first-order valence-electron chi connectivity index (χ1n) is 6.08. The number of nitrogens with two attached hydrogens (primary N) is 1. The zero-order valence-electron chi connectivity index (χ0n) is 11.2. The van der Waals surface area contributed by atoms with Gasteiger partial charge in [-0.15, -0.1) is 0 Å². The van der Waals surface area contributed by atoms with Gasteiger partial charge in [0.25, 0.3) is 0 Å². The normalized spacial score (nSPS) is 11.0. The highest BCUT2D eigenvalue weighted by atomic mass is 79.9. The van der Waals surface area contributed by atoms with Crippen molar-refractivity contribution in [2.75, 3.05) is 5.73 Å². The minimum Gasteiger partial charge on any atom is -0.383 e. The molecule has 0 atom stereocenters. The van der Waals surface area contributed by atoms with Gasteiger partial charge in [0.1, 0.15) is 5.82 Å². The van der Waals surface area contributed by atoms with Crippen molar-refractivity contribution in [3.05, 3.63) is 28.1 Å². The van der Waals surface area contributed by atoms with E-state index in [4.69, 9.17) is 5.73 Å². The molecule has 0 saturated carbocycles. The summed E-state index contributed by atoms with van der Waals surface area (Å²) in [6.07, 6.45) is 4.31. The molecule has 2 aromatic rings. The number of rotatable bonds is 3. The quantitative estimate of drug-likeness (QED) is 0.940. The number of hydrogen-bond acceptors (Lipinski definition) is 5. The fourth-order valence-electron chi connectivity index (χ4n) is 1.64. The highest BCUT2D eigenvalue weighted by Gasteiger charge is 2.14. The minimum atomic E-state index is 0.421. The predicted molar refractivity (Wildman–Crippen MR) is 78.4 cm³/mol. The van der Waals surface area contributed by atoms with E-state index >= 15 is 0 Å². The summed E-state index contributed by atoms with van der Waals surface area (Å²) < 4.78 is 0.761. The topological polar surface area (TPSA) is 77.6 Å². The first-order valence-corrected chi connectivity index (χ1v) is 6.87. The Morgan fingerprint density at radius 2 is 1.79 bits per heavy atom. The SMILES string of the molecule is Cc1cnc(-c2nc(N)c(Br)c(CC(C)C)n2)nc1. The largest absolute Gasteiger partial charge is 0.383 e. The minimum absolute atomic E-state index is 0.421. The van der Waals surface area contributed by atoms with Gasteiger partial charge in [-0.1, -0.05) is 13.8 Å². The molecule has 0 amide bonds. The smallest absolute Gasteiger partial charge is 0.200 e. The number of aryl methyl sites for hydroxylation is 1. The lowest BCUT2D eigenvalue weighted by Gasteiger charge is -2.10. The van der Waals surface area contributed by atoms with E-state index in [1.807, 2.05) is 6.92 Å². The van der Waals surface area contributed by atoms with Crippen molar-refractivity contribution in [2.24, 2.45) is 5.92 Å². The summed E-state index contributed by atoms with van der Waals surface area (Å²) in [5.41, 5.74) is 7.80. The van der Waals surface area contributed by atoms with Crippen LogP contribution in [-0.2, 0) is 6.42 Å². The molecule has 2 N–H and O–H groups in total. The van der Waals surface area contributed by atoms with Crippen LogP contribution in [0.5, 0.6) is 0 Å². The Kier molecular flexibility index (Phi) is 4.09. The van der Waals surface area contributed by atoms with Crippen LogP contribution < -0.4 is 5.73 Å². The number of halogens is 1. The third-order valence-electron chi connectivity index (χ3n) is 2.53. The average molecular weight is 322 g/mol. The van der Waals surface area contributed by atoms with E-state index < -0.39 is 0 Å². The van der Waals surface area contributed by atoms with Gasteiger partial charge in [0, 0.05) is 12.4 Å². The van der Waals surface area contributed by atoms with Crippen molar-refractivity contribution in [1.29, 1.82) is 0 Å². The zero-order valence-corrected chi connectivity index (χ0v) is 12.8. The molecule has 0 spiro atoms. The second-order valence-electron chi connectivity index (χ2n) is 4.88. The summed E-state index contributed by atoms with van der Waals surface area (Å²) in [6.45, 7) is 6.20. The molecule has 19 heavy (non-hydrogen) atoms. The van der Waals surface area contributed by atoms with Crippen LogP contribution in [0.25, 0.3) is 11.6 Å². The predicted octanol–water partition coefficient (Wildman–Crippen LogP) is 2.79. The van der Waals surface area contributed by atoms with E-state index in [-0.39, 0.29) is 0 Å². The summed E-state index contributed by atoms with van der Waals surface area (Å²) in [4.78, 5) is 17.2. The maximum atomic E-state index is 5.91. The number of aromatic nitrogens is 4. The highest BCUT2D eigenvalue weighted by molar-refractivity contribution is 9.10. The summed E-state index contributed by atoms with van der Waals surface area (Å²) >= 11 is 3.44. The molecule has 2 heterocycles. The van der Waals surface area contributed by atoms with Crippen LogP contribution in [0.4, 0.5) is 5.82 Å². The maximum Gasteiger partial charge on any atom is 0.200 e. The molecule has 0 unspecified atom stereocenters. The van der Waals surface area contributed by atoms with Gasteiger partial charge in [-0.25, -0.2) is 19.9 Å². The van der Waals surface area contributed by atoms with Crippen LogP contribution in [0.2, 0.25) is 0 Å². The molecule has 0 aromatic carbocycles. The molecule has 0 fully saturated rings. The third kappa shape index (κ3) is 3.26. The fraction of sp³-hybridized carbons (Fsp3) is 0.385. The summed E-state index contributed by atoms with van der Waals surface area (Å²) in [6, 6.07) is 0. The molecule has 0 bridgehead atoms. The molecule has 0 aliphatic carbocycles. The van der Waals surface area contributed by atoms with E-state index in [1.165, 1.54) is 0 Å².